The van der Waals surface area contributed by atoms with E-state index in [2.05, 4.69) is 9.89 Å². The molecule has 0 aliphatic carbocycles. The number of carbonyl (C=O) groups excluding carboxylic acids is 5. The van der Waals surface area contributed by atoms with Crippen LogP contribution in [0, 0.1) is 0 Å². The van der Waals surface area contributed by atoms with E-state index in [1.165, 1.54) is 48.5 Å². The van der Waals surface area contributed by atoms with E-state index < -0.39 is 30.2 Å². The summed E-state index contributed by atoms with van der Waals surface area (Å²) in [6.45, 7) is 0. The molecule has 2 aromatic rings. The summed E-state index contributed by atoms with van der Waals surface area (Å²) in [5, 5.41) is 11.8. The summed E-state index contributed by atoms with van der Waals surface area (Å²) in [4.78, 5) is 56.8. The SMILES string of the molecule is O=Cc1ccc(C(=O)OC(=O)CC/C(=N/O)OC(=O)c2ccc(C=O)cc2)cc1. The third-order valence-corrected chi connectivity index (χ3v) is 3.64. The average molecular weight is 397 g/mol. The van der Waals surface area contributed by atoms with E-state index in [1.54, 1.807) is 0 Å². The van der Waals surface area contributed by atoms with Crippen LogP contribution < -0.4 is 0 Å². The van der Waals surface area contributed by atoms with Gasteiger partial charge in [0.2, 0.25) is 5.90 Å². The molecular weight excluding hydrogens is 382 g/mol. The van der Waals surface area contributed by atoms with Crippen LogP contribution in [0.1, 0.15) is 54.3 Å². The molecule has 2 aromatic carbocycles. The Balaban J connectivity index is 1.86. The fraction of sp³-hybridized carbons (Fsp3) is 0.100. The number of rotatable bonds is 7. The maximum absolute atomic E-state index is 12.0. The van der Waals surface area contributed by atoms with Gasteiger partial charge < -0.3 is 14.7 Å². The molecule has 0 aliphatic rings. The molecule has 0 radical (unpaired) electrons. The van der Waals surface area contributed by atoms with Crippen molar-refractivity contribution in [2.24, 2.45) is 5.16 Å². The molecule has 0 aromatic heterocycles. The summed E-state index contributed by atoms with van der Waals surface area (Å²) in [6.07, 6.45) is 0.521. The Bertz CT molecular complexity index is 945. The second-order valence-corrected chi connectivity index (χ2v) is 5.62. The molecule has 0 unspecified atom stereocenters. The van der Waals surface area contributed by atoms with Crippen molar-refractivity contribution in [2.75, 3.05) is 0 Å². The zero-order chi connectivity index (χ0) is 21.2. The monoisotopic (exact) mass is 397 g/mol. The lowest BCUT2D eigenvalue weighted by molar-refractivity contribution is -0.137. The third-order valence-electron chi connectivity index (χ3n) is 3.64. The highest BCUT2D eigenvalue weighted by molar-refractivity contribution is 6.00. The Hall–Kier alpha value is -4.14. The molecule has 9 nitrogen and oxygen atoms in total. The van der Waals surface area contributed by atoms with Gasteiger partial charge in [-0.05, 0) is 24.3 Å². The lowest BCUT2D eigenvalue weighted by Gasteiger charge is -2.06. The van der Waals surface area contributed by atoms with Gasteiger partial charge in [-0.3, -0.25) is 14.4 Å². The van der Waals surface area contributed by atoms with E-state index in [0.717, 1.165) is 0 Å². The summed E-state index contributed by atoms with van der Waals surface area (Å²) in [6, 6.07) is 11.0. The van der Waals surface area contributed by atoms with Crippen LogP contribution in [-0.4, -0.2) is 41.6 Å². The van der Waals surface area contributed by atoms with E-state index in [9.17, 15) is 24.0 Å². The van der Waals surface area contributed by atoms with Crippen LogP contribution in [0.2, 0.25) is 0 Å². The molecule has 148 valence electrons. The van der Waals surface area contributed by atoms with Crippen molar-refractivity contribution in [3.63, 3.8) is 0 Å². The van der Waals surface area contributed by atoms with Gasteiger partial charge in [-0.1, -0.05) is 29.4 Å². The van der Waals surface area contributed by atoms with Gasteiger partial charge >= 0.3 is 17.9 Å². The molecule has 0 atom stereocenters. The fourth-order valence-electron chi connectivity index (χ4n) is 2.11. The first-order valence-electron chi connectivity index (χ1n) is 8.25. The van der Waals surface area contributed by atoms with Crippen molar-refractivity contribution < 1.29 is 38.7 Å². The van der Waals surface area contributed by atoms with Gasteiger partial charge in [-0.25, -0.2) is 9.59 Å². The minimum Gasteiger partial charge on any atom is -0.408 e. The van der Waals surface area contributed by atoms with Crippen LogP contribution >= 0.6 is 0 Å². The maximum Gasteiger partial charge on any atom is 0.345 e. The van der Waals surface area contributed by atoms with Crippen molar-refractivity contribution in [1.29, 1.82) is 0 Å². The van der Waals surface area contributed by atoms with Gasteiger partial charge in [0.25, 0.3) is 0 Å². The van der Waals surface area contributed by atoms with Crippen molar-refractivity contribution in [3.05, 3.63) is 70.8 Å². The predicted octanol–water partition coefficient (Wildman–Crippen LogP) is 2.42. The second-order valence-electron chi connectivity index (χ2n) is 5.62. The highest BCUT2D eigenvalue weighted by Gasteiger charge is 2.17. The predicted molar refractivity (Wildman–Crippen MR) is 98.0 cm³/mol. The van der Waals surface area contributed by atoms with E-state index in [4.69, 9.17) is 9.94 Å². The molecule has 0 spiro atoms. The summed E-state index contributed by atoms with van der Waals surface area (Å²) >= 11 is 0. The number of ether oxygens (including phenoxy) is 2. The van der Waals surface area contributed by atoms with Gasteiger partial charge in [0.05, 0.1) is 17.5 Å². The quantitative estimate of drug-likeness (QED) is 0.143. The number of hydrogen-bond donors (Lipinski definition) is 1. The second kappa shape index (κ2) is 10.3. The molecule has 2 rings (SSSR count). The zero-order valence-corrected chi connectivity index (χ0v) is 14.9. The molecule has 1 N–H and O–H groups in total. The Morgan fingerprint density at radius 1 is 0.759 bits per heavy atom. The van der Waals surface area contributed by atoms with Crippen LogP contribution in [0.4, 0.5) is 0 Å². The van der Waals surface area contributed by atoms with Gasteiger partial charge in [-0.2, -0.15) is 0 Å². The fourth-order valence-corrected chi connectivity index (χ4v) is 2.11. The molecular formula is C20H15NO8. The van der Waals surface area contributed by atoms with Gasteiger partial charge in [0, 0.05) is 17.5 Å². The first-order chi connectivity index (χ1) is 14.0. The van der Waals surface area contributed by atoms with Crippen molar-refractivity contribution in [1.82, 2.24) is 0 Å². The number of aldehydes is 2. The Kier molecular flexibility index (Phi) is 7.49. The molecule has 0 fully saturated rings. The molecule has 9 heteroatoms. The number of carbonyl (C=O) groups is 5. The lowest BCUT2D eigenvalue weighted by Crippen LogP contribution is -2.17. The van der Waals surface area contributed by atoms with Gasteiger partial charge in [0.15, 0.2) is 0 Å². The number of hydrogen-bond acceptors (Lipinski definition) is 9. The number of nitrogens with zero attached hydrogens (tertiary/aromatic N) is 1. The van der Waals surface area contributed by atoms with E-state index >= 15 is 0 Å². The molecule has 0 heterocycles. The van der Waals surface area contributed by atoms with E-state index in [0.29, 0.717) is 23.7 Å². The highest BCUT2D eigenvalue weighted by atomic mass is 16.6. The van der Waals surface area contributed by atoms with Gasteiger partial charge in [0.1, 0.15) is 12.6 Å². The Morgan fingerprint density at radius 2 is 1.21 bits per heavy atom. The van der Waals surface area contributed by atoms with Crippen LogP contribution in [0.5, 0.6) is 0 Å². The standard InChI is InChI=1S/C20H15NO8/c22-11-13-1-5-15(6-2-13)19(25)28-17(21-27)9-10-18(24)29-20(26)16-7-3-14(12-23)4-8-16/h1-8,11-12,27H,9-10H2/b21-17-. The minimum absolute atomic E-state index is 0.0743. The highest BCUT2D eigenvalue weighted by Crippen LogP contribution is 2.09. The van der Waals surface area contributed by atoms with E-state index in [1.807, 2.05) is 0 Å². The zero-order valence-electron chi connectivity index (χ0n) is 14.9. The average Bonchev–Trinajstić information content (AvgIpc) is 2.76. The first-order valence-corrected chi connectivity index (χ1v) is 8.25. The van der Waals surface area contributed by atoms with Crippen LogP contribution in [0.3, 0.4) is 0 Å². The molecule has 0 saturated carbocycles. The van der Waals surface area contributed by atoms with Crippen molar-refractivity contribution in [3.8, 4) is 0 Å². The maximum atomic E-state index is 12.0. The summed E-state index contributed by atoms with van der Waals surface area (Å²) < 4.78 is 9.52. The molecule has 0 aliphatic heterocycles. The smallest absolute Gasteiger partial charge is 0.345 e. The normalized spacial score (nSPS) is 10.7. The lowest BCUT2D eigenvalue weighted by atomic mass is 10.1. The van der Waals surface area contributed by atoms with Gasteiger partial charge in [-0.15, -0.1) is 0 Å². The first kappa shape index (κ1) is 21.2. The molecule has 0 bridgehead atoms. The Labute approximate surface area is 164 Å². The number of benzene rings is 2. The molecule has 0 amide bonds. The molecule has 0 saturated heterocycles. The van der Waals surface area contributed by atoms with Crippen molar-refractivity contribution >= 4 is 36.4 Å². The largest absolute Gasteiger partial charge is 0.408 e. The topological polar surface area (TPSA) is 136 Å². The van der Waals surface area contributed by atoms with Crippen LogP contribution in [-0.2, 0) is 14.3 Å². The van der Waals surface area contributed by atoms with Crippen LogP contribution in [0.15, 0.2) is 53.7 Å². The van der Waals surface area contributed by atoms with Crippen LogP contribution in [0.25, 0.3) is 0 Å². The Morgan fingerprint density at radius 3 is 1.62 bits per heavy atom. The molecule has 29 heavy (non-hydrogen) atoms. The number of esters is 3. The third kappa shape index (κ3) is 6.21. The van der Waals surface area contributed by atoms with Crippen molar-refractivity contribution in [2.45, 2.75) is 12.8 Å². The summed E-state index contributed by atoms with van der Waals surface area (Å²) in [7, 11) is 0. The number of oxime groups is 1. The minimum atomic E-state index is -0.929. The summed E-state index contributed by atoms with van der Waals surface area (Å²) in [5.74, 6) is -3.15. The summed E-state index contributed by atoms with van der Waals surface area (Å²) in [5.41, 5.74) is 0.906. The van der Waals surface area contributed by atoms with E-state index in [-0.39, 0.29) is 17.5 Å².